The van der Waals surface area contributed by atoms with Gasteiger partial charge >= 0.3 is 6.09 Å². The molecule has 1 N–H and O–H groups in total. The topological polar surface area (TPSA) is 77.8 Å². The first-order valence-electron chi connectivity index (χ1n) is 6.96. The molecule has 0 aromatic carbocycles. The summed E-state index contributed by atoms with van der Waals surface area (Å²) in [6.07, 6.45) is 4.26. The van der Waals surface area contributed by atoms with Crippen LogP contribution in [0.25, 0.3) is 11.4 Å². The van der Waals surface area contributed by atoms with E-state index in [1.165, 1.54) is 6.20 Å². The van der Waals surface area contributed by atoms with Crippen molar-refractivity contribution in [2.75, 3.05) is 11.9 Å². The molecule has 118 valence electrons. The molecule has 2 rings (SSSR count). The highest BCUT2D eigenvalue weighted by Crippen LogP contribution is 2.27. The minimum absolute atomic E-state index is 0.409. The average molecular weight is 304 g/mol. The molecule has 2 heterocycles. The quantitative estimate of drug-likeness (QED) is 0.878. The summed E-state index contributed by atoms with van der Waals surface area (Å²) in [4.78, 5) is 16.2. The molecular formula is C15H20N4O3. The van der Waals surface area contributed by atoms with Crippen molar-refractivity contribution < 1.29 is 14.3 Å². The first kappa shape index (κ1) is 15.8. The largest absolute Gasteiger partial charge is 0.494 e. The summed E-state index contributed by atoms with van der Waals surface area (Å²) in [5, 5.41) is 6.85. The van der Waals surface area contributed by atoms with Crippen LogP contribution in [0.15, 0.2) is 25.2 Å². The zero-order valence-electron chi connectivity index (χ0n) is 13.2. The van der Waals surface area contributed by atoms with Crippen LogP contribution in [0.1, 0.15) is 33.3 Å². The molecule has 0 radical (unpaired) electrons. The Hall–Kier alpha value is -2.57. The summed E-state index contributed by atoms with van der Waals surface area (Å²) < 4.78 is 12.3. The highest BCUT2D eigenvalue weighted by atomic mass is 16.6. The molecular weight excluding hydrogens is 284 g/mol. The van der Waals surface area contributed by atoms with Gasteiger partial charge in [0.1, 0.15) is 11.4 Å². The Morgan fingerprint density at radius 1 is 1.45 bits per heavy atom. The molecule has 2 aromatic rings. The molecule has 2 aromatic heterocycles. The Morgan fingerprint density at radius 2 is 2.18 bits per heavy atom. The summed E-state index contributed by atoms with van der Waals surface area (Å²) in [6.45, 7) is 11.6. The lowest BCUT2D eigenvalue weighted by Crippen LogP contribution is -2.27. The number of nitrogens with one attached hydrogen (secondary N) is 1. The lowest BCUT2D eigenvalue weighted by molar-refractivity contribution is 0.0636. The third-order valence-electron chi connectivity index (χ3n) is 2.66. The Bertz CT molecular complexity index is 700. The van der Waals surface area contributed by atoms with E-state index in [-0.39, 0.29) is 0 Å². The van der Waals surface area contributed by atoms with Crippen molar-refractivity contribution in [3.05, 3.63) is 30.7 Å². The van der Waals surface area contributed by atoms with Crippen molar-refractivity contribution in [3.63, 3.8) is 0 Å². The van der Waals surface area contributed by atoms with Gasteiger partial charge in [0.05, 0.1) is 24.1 Å². The van der Waals surface area contributed by atoms with E-state index in [9.17, 15) is 4.79 Å². The molecule has 0 bridgehead atoms. The van der Waals surface area contributed by atoms with Crippen molar-refractivity contribution in [1.82, 2.24) is 14.6 Å². The Balaban J connectivity index is 2.38. The number of imidazole rings is 1. The van der Waals surface area contributed by atoms with E-state index in [2.05, 4.69) is 22.0 Å². The number of anilines is 1. The molecule has 0 saturated carbocycles. The van der Waals surface area contributed by atoms with Crippen LogP contribution in [0.2, 0.25) is 0 Å². The Labute approximate surface area is 128 Å². The molecule has 7 nitrogen and oxygen atoms in total. The van der Waals surface area contributed by atoms with E-state index < -0.39 is 11.7 Å². The number of nitrogens with zero attached hydrogens (tertiary/aromatic N) is 3. The van der Waals surface area contributed by atoms with Gasteiger partial charge in [0.15, 0.2) is 5.65 Å². The van der Waals surface area contributed by atoms with E-state index in [1.54, 1.807) is 37.7 Å². The van der Waals surface area contributed by atoms with Gasteiger partial charge in [-0.1, -0.05) is 6.58 Å². The summed E-state index contributed by atoms with van der Waals surface area (Å²) >= 11 is 0. The second kappa shape index (κ2) is 6.05. The first-order chi connectivity index (χ1) is 10.3. The Kier molecular flexibility index (Phi) is 4.35. The maximum Gasteiger partial charge on any atom is 0.412 e. The minimum atomic E-state index is -0.591. The third-order valence-corrected chi connectivity index (χ3v) is 2.66. The third kappa shape index (κ3) is 3.55. The second-order valence-electron chi connectivity index (χ2n) is 5.61. The van der Waals surface area contributed by atoms with Gasteiger partial charge in [-0.25, -0.2) is 14.3 Å². The van der Waals surface area contributed by atoms with E-state index >= 15 is 0 Å². The maximum atomic E-state index is 12.0. The molecule has 7 heteroatoms. The molecule has 1 amide bonds. The lowest BCUT2D eigenvalue weighted by Gasteiger charge is -2.20. The van der Waals surface area contributed by atoms with E-state index in [0.717, 1.165) is 0 Å². The Morgan fingerprint density at radius 3 is 2.82 bits per heavy atom. The van der Waals surface area contributed by atoms with Crippen LogP contribution in [0.4, 0.5) is 10.5 Å². The van der Waals surface area contributed by atoms with Crippen molar-refractivity contribution in [2.24, 2.45) is 0 Å². The lowest BCUT2D eigenvalue weighted by atomic mass is 10.2. The number of aromatic nitrogens is 3. The van der Waals surface area contributed by atoms with Crippen LogP contribution in [-0.4, -0.2) is 32.9 Å². The predicted octanol–water partition coefficient (Wildman–Crippen LogP) is 3.08. The average Bonchev–Trinajstić information content (AvgIpc) is 2.84. The zero-order chi connectivity index (χ0) is 16.3. The summed E-state index contributed by atoms with van der Waals surface area (Å²) in [7, 11) is 0. The standard InChI is InChI=1S/C15H20N4O3/c1-6-21-10(2)12-11(18-14(20)22-15(3,4)5)9-17-19-8-7-16-13(12)19/h7-9H,2,6H2,1,3-5H3,(H,18,20). The molecule has 0 spiro atoms. The molecule has 0 saturated heterocycles. The van der Waals surface area contributed by atoms with Crippen LogP contribution in [0.3, 0.4) is 0 Å². The van der Waals surface area contributed by atoms with Gasteiger partial charge in [0.2, 0.25) is 0 Å². The smallest absolute Gasteiger partial charge is 0.412 e. The number of amides is 1. The number of hydrogen-bond acceptors (Lipinski definition) is 5. The second-order valence-corrected chi connectivity index (χ2v) is 5.61. The van der Waals surface area contributed by atoms with Crippen LogP contribution in [0.5, 0.6) is 0 Å². The van der Waals surface area contributed by atoms with Crippen molar-refractivity contribution in [1.29, 1.82) is 0 Å². The van der Waals surface area contributed by atoms with Crippen LogP contribution in [0, 0.1) is 0 Å². The monoisotopic (exact) mass is 304 g/mol. The molecule has 22 heavy (non-hydrogen) atoms. The van der Waals surface area contributed by atoms with E-state index in [1.807, 2.05) is 6.92 Å². The first-order valence-corrected chi connectivity index (χ1v) is 6.96. The normalized spacial score (nSPS) is 11.3. The number of fused-ring (bicyclic) bond motifs is 1. The minimum Gasteiger partial charge on any atom is -0.494 e. The summed E-state index contributed by atoms with van der Waals surface area (Å²) in [5.74, 6) is 0.409. The highest BCUT2D eigenvalue weighted by molar-refractivity contribution is 5.91. The zero-order valence-corrected chi connectivity index (χ0v) is 13.2. The van der Waals surface area contributed by atoms with Crippen LogP contribution < -0.4 is 5.32 Å². The van der Waals surface area contributed by atoms with Crippen LogP contribution in [-0.2, 0) is 9.47 Å². The fraction of sp³-hybridized carbons (Fsp3) is 0.400. The number of carbonyl (C=O) groups is 1. The van der Waals surface area contributed by atoms with Gasteiger partial charge in [-0.15, -0.1) is 0 Å². The molecule has 0 atom stereocenters. The molecule has 0 aliphatic heterocycles. The van der Waals surface area contributed by atoms with Gasteiger partial charge in [-0.05, 0) is 27.7 Å². The fourth-order valence-electron chi connectivity index (χ4n) is 1.90. The van der Waals surface area contributed by atoms with Gasteiger partial charge in [-0.3, -0.25) is 5.32 Å². The summed E-state index contributed by atoms with van der Waals surface area (Å²) in [6, 6.07) is 0. The van der Waals surface area contributed by atoms with Crippen molar-refractivity contribution >= 4 is 23.2 Å². The number of rotatable bonds is 4. The van der Waals surface area contributed by atoms with Gasteiger partial charge in [-0.2, -0.15) is 5.10 Å². The maximum absolute atomic E-state index is 12.0. The van der Waals surface area contributed by atoms with Crippen molar-refractivity contribution in [3.8, 4) is 0 Å². The number of carbonyl (C=O) groups excluding carboxylic acids is 1. The highest BCUT2D eigenvalue weighted by Gasteiger charge is 2.20. The van der Waals surface area contributed by atoms with Gasteiger partial charge in [0.25, 0.3) is 0 Å². The SMILES string of the molecule is C=C(OCC)c1c(NC(=O)OC(C)(C)C)cnn2ccnc12. The molecule has 0 fully saturated rings. The fourth-order valence-corrected chi connectivity index (χ4v) is 1.90. The van der Waals surface area contributed by atoms with E-state index in [0.29, 0.717) is 29.3 Å². The van der Waals surface area contributed by atoms with E-state index in [4.69, 9.17) is 9.47 Å². The van der Waals surface area contributed by atoms with Gasteiger partial charge < -0.3 is 9.47 Å². The summed E-state index contributed by atoms with van der Waals surface area (Å²) in [5.41, 5.74) is 0.970. The number of hydrogen-bond donors (Lipinski definition) is 1. The van der Waals surface area contributed by atoms with Crippen molar-refractivity contribution in [2.45, 2.75) is 33.3 Å². The molecule has 0 aliphatic carbocycles. The predicted molar refractivity (Wildman–Crippen MR) is 83.5 cm³/mol. The van der Waals surface area contributed by atoms with Gasteiger partial charge in [0, 0.05) is 12.4 Å². The molecule has 0 aliphatic rings. The molecule has 0 unspecified atom stereocenters. The van der Waals surface area contributed by atoms with Crippen LogP contribution >= 0.6 is 0 Å². The number of ether oxygens (including phenoxy) is 2.